The Morgan fingerprint density at radius 3 is 2.76 bits per heavy atom. The molecule has 1 saturated carbocycles. The second-order valence-corrected chi connectivity index (χ2v) is 9.12. The first-order chi connectivity index (χ1) is 16.1. The number of nitrogens with one attached hydrogen (secondary N) is 1. The molecule has 4 aromatic heterocycles. The van der Waals surface area contributed by atoms with Crippen LogP contribution in [0.15, 0.2) is 36.7 Å². The van der Waals surface area contributed by atoms with Crippen molar-refractivity contribution in [3.05, 3.63) is 47.2 Å². The van der Waals surface area contributed by atoms with E-state index in [1.165, 1.54) is 6.20 Å². The van der Waals surface area contributed by atoms with Crippen LogP contribution in [0.2, 0.25) is 0 Å². The predicted molar refractivity (Wildman–Crippen MR) is 124 cm³/mol. The molecule has 0 amide bonds. The van der Waals surface area contributed by atoms with E-state index in [0.29, 0.717) is 18.4 Å². The maximum Gasteiger partial charge on any atom is 0.306 e. The number of aliphatic carboxylic acids is 1. The van der Waals surface area contributed by atoms with Crippen molar-refractivity contribution in [2.24, 2.45) is 5.92 Å². The van der Waals surface area contributed by atoms with Gasteiger partial charge in [-0.05, 0) is 49.9 Å². The Balaban J connectivity index is 1.42. The molecule has 4 heterocycles. The SMILES string of the molecule is CNc1cc(-c2ccc3cc(C#N)cnn23)ncc1-c1nnc(C2CCC(C(=O)O)CC2)s1. The van der Waals surface area contributed by atoms with E-state index in [4.69, 9.17) is 5.26 Å². The van der Waals surface area contributed by atoms with E-state index >= 15 is 0 Å². The first-order valence-electron chi connectivity index (χ1n) is 10.7. The largest absolute Gasteiger partial charge is 0.481 e. The van der Waals surface area contributed by atoms with Crippen LogP contribution in [0, 0.1) is 17.2 Å². The van der Waals surface area contributed by atoms with E-state index in [2.05, 4.69) is 31.7 Å². The number of carbonyl (C=O) groups is 1. The standard InChI is InChI=1S/C23H21N7O2S/c1-25-18-9-19(20-7-6-16-8-13(10-24)11-27-30(16)20)26-12-17(18)22-29-28-21(33-22)14-2-4-15(5-3-14)23(31)32/h6-9,11-12,14-15H,2-5H2,1H3,(H,25,26)(H,31,32). The van der Waals surface area contributed by atoms with Crippen LogP contribution in [0.1, 0.15) is 42.2 Å². The molecule has 0 aliphatic heterocycles. The first kappa shape index (κ1) is 21.0. The number of hydrogen-bond donors (Lipinski definition) is 2. The Morgan fingerprint density at radius 1 is 1.21 bits per heavy atom. The van der Waals surface area contributed by atoms with Crippen molar-refractivity contribution in [2.45, 2.75) is 31.6 Å². The minimum atomic E-state index is -0.701. The van der Waals surface area contributed by atoms with E-state index in [1.54, 1.807) is 28.1 Å². The van der Waals surface area contributed by atoms with Crippen LogP contribution < -0.4 is 5.32 Å². The van der Waals surface area contributed by atoms with Crippen LogP contribution in [-0.4, -0.2) is 42.9 Å². The third kappa shape index (κ3) is 3.91. The zero-order chi connectivity index (χ0) is 22.9. The number of anilines is 1. The smallest absolute Gasteiger partial charge is 0.306 e. The highest BCUT2D eigenvalue weighted by Gasteiger charge is 2.29. The Kier molecular flexibility index (Phi) is 5.48. The average Bonchev–Trinajstić information content (AvgIpc) is 3.51. The molecule has 1 aliphatic rings. The molecule has 0 unspecified atom stereocenters. The molecule has 1 aliphatic carbocycles. The van der Waals surface area contributed by atoms with Gasteiger partial charge in [0.1, 0.15) is 11.1 Å². The Labute approximate surface area is 193 Å². The van der Waals surface area contributed by atoms with Gasteiger partial charge in [0.25, 0.3) is 0 Å². The summed E-state index contributed by atoms with van der Waals surface area (Å²) in [6.07, 6.45) is 6.34. The molecule has 0 bridgehead atoms. The third-order valence-corrected chi connectivity index (χ3v) is 7.28. The third-order valence-electron chi connectivity index (χ3n) is 6.16. The number of fused-ring (bicyclic) bond motifs is 1. The molecule has 0 radical (unpaired) electrons. The van der Waals surface area contributed by atoms with E-state index < -0.39 is 5.97 Å². The van der Waals surface area contributed by atoms with Crippen molar-refractivity contribution < 1.29 is 9.90 Å². The summed E-state index contributed by atoms with van der Waals surface area (Å²) in [5.74, 6) is -0.686. The number of aromatic nitrogens is 5. The summed E-state index contributed by atoms with van der Waals surface area (Å²) in [6, 6.07) is 9.69. The first-order valence-corrected chi connectivity index (χ1v) is 11.5. The van der Waals surface area contributed by atoms with Gasteiger partial charge in [0.2, 0.25) is 0 Å². The summed E-state index contributed by atoms with van der Waals surface area (Å²) < 4.78 is 1.76. The van der Waals surface area contributed by atoms with E-state index in [-0.39, 0.29) is 11.8 Å². The molecule has 33 heavy (non-hydrogen) atoms. The van der Waals surface area contributed by atoms with Crippen LogP contribution in [0.4, 0.5) is 5.69 Å². The van der Waals surface area contributed by atoms with Gasteiger partial charge in [-0.2, -0.15) is 10.4 Å². The van der Waals surface area contributed by atoms with Gasteiger partial charge in [0, 0.05) is 24.8 Å². The minimum Gasteiger partial charge on any atom is -0.481 e. The molecule has 0 aromatic carbocycles. The van der Waals surface area contributed by atoms with Crippen molar-refractivity contribution in [3.63, 3.8) is 0 Å². The molecule has 1 fully saturated rings. The topological polar surface area (TPSA) is 129 Å². The van der Waals surface area contributed by atoms with Gasteiger partial charge in [-0.15, -0.1) is 10.2 Å². The predicted octanol–water partition coefficient (Wildman–Crippen LogP) is 4.19. The lowest BCUT2D eigenvalue weighted by Gasteiger charge is -2.23. The number of nitrogens with zero attached hydrogens (tertiary/aromatic N) is 6. The molecule has 4 aromatic rings. The second-order valence-electron chi connectivity index (χ2n) is 8.11. The molecule has 2 N–H and O–H groups in total. The van der Waals surface area contributed by atoms with Crippen LogP contribution in [0.3, 0.4) is 0 Å². The number of carboxylic acids is 1. The number of rotatable bonds is 5. The summed E-state index contributed by atoms with van der Waals surface area (Å²) in [5.41, 5.74) is 4.65. The zero-order valence-corrected chi connectivity index (χ0v) is 18.7. The molecular formula is C23H21N7O2S. The highest BCUT2D eigenvalue weighted by atomic mass is 32.1. The molecule has 0 spiro atoms. The van der Waals surface area contributed by atoms with Crippen LogP contribution in [0.25, 0.3) is 27.5 Å². The van der Waals surface area contributed by atoms with Gasteiger partial charge in [-0.1, -0.05) is 11.3 Å². The van der Waals surface area contributed by atoms with E-state index in [0.717, 1.165) is 51.0 Å². The number of nitriles is 1. The monoisotopic (exact) mass is 459 g/mol. The van der Waals surface area contributed by atoms with Crippen molar-refractivity contribution in [3.8, 4) is 28.0 Å². The Hall–Kier alpha value is -3.84. The Morgan fingerprint density at radius 2 is 2.03 bits per heavy atom. The van der Waals surface area contributed by atoms with Crippen molar-refractivity contribution in [1.29, 1.82) is 5.26 Å². The number of hydrogen-bond acceptors (Lipinski definition) is 8. The van der Waals surface area contributed by atoms with Crippen molar-refractivity contribution >= 4 is 28.5 Å². The molecule has 10 heteroatoms. The van der Waals surface area contributed by atoms with Crippen molar-refractivity contribution in [1.82, 2.24) is 24.8 Å². The van der Waals surface area contributed by atoms with Crippen LogP contribution >= 0.6 is 11.3 Å². The number of pyridine rings is 1. The highest BCUT2D eigenvalue weighted by Crippen LogP contribution is 2.40. The summed E-state index contributed by atoms with van der Waals surface area (Å²) in [4.78, 5) is 15.9. The summed E-state index contributed by atoms with van der Waals surface area (Å²) in [6.45, 7) is 0. The van der Waals surface area contributed by atoms with E-state index in [9.17, 15) is 9.90 Å². The lowest BCUT2D eigenvalue weighted by molar-refractivity contribution is -0.142. The highest BCUT2D eigenvalue weighted by molar-refractivity contribution is 7.14. The fourth-order valence-corrected chi connectivity index (χ4v) is 5.36. The second kappa shape index (κ2) is 8.60. The maximum absolute atomic E-state index is 11.2. The lowest BCUT2D eigenvalue weighted by Crippen LogP contribution is -2.20. The minimum absolute atomic E-state index is 0.243. The lowest BCUT2D eigenvalue weighted by atomic mass is 9.82. The van der Waals surface area contributed by atoms with Gasteiger partial charge in [0.05, 0.1) is 40.1 Å². The zero-order valence-electron chi connectivity index (χ0n) is 17.9. The summed E-state index contributed by atoms with van der Waals surface area (Å²) in [7, 11) is 1.85. The van der Waals surface area contributed by atoms with Gasteiger partial charge in [0.15, 0.2) is 5.01 Å². The molecular weight excluding hydrogens is 438 g/mol. The normalized spacial score (nSPS) is 18.2. The van der Waals surface area contributed by atoms with Gasteiger partial charge >= 0.3 is 5.97 Å². The van der Waals surface area contributed by atoms with Crippen molar-refractivity contribution in [2.75, 3.05) is 12.4 Å². The fourth-order valence-electron chi connectivity index (χ4n) is 4.32. The van der Waals surface area contributed by atoms with Crippen LogP contribution in [-0.2, 0) is 4.79 Å². The molecule has 166 valence electrons. The summed E-state index contributed by atoms with van der Waals surface area (Å²) >= 11 is 1.54. The quantitative estimate of drug-likeness (QED) is 0.454. The summed E-state index contributed by atoms with van der Waals surface area (Å²) in [5, 5.41) is 36.5. The fraction of sp³-hybridized carbons (Fsp3) is 0.304. The molecule has 0 atom stereocenters. The average molecular weight is 460 g/mol. The van der Waals surface area contributed by atoms with Crippen LogP contribution in [0.5, 0.6) is 0 Å². The van der Waals surface area contributed by atoms with E-state index in [1.807, 2.05) is 25.2 Å². The van der Waals surface area contributed by atoms with Gasteiger partial charge < -0.3 is 10.4 Å². The van der Waals surface area contributed by atoms with Gasteiger partial charge in [-0.25, -0.2) is 4.52 Å². The molecule has 0 saturated heterocycles. The maximum atomic E-state index is 11.2. The van der Waals surface area contributed by atoms with Gasteiger partial charge in [-0.3, -0.25) is 9.78 Å². The Bertz CT molecular complexity index is 1380. The number of carboxylic acid groups (broad SMARTS) is 1. The molecule has 5 rings (SSSR count). The molecule has 9 nitrogen and oxygen atoms in total.